The molecule has 0 aliphatic carbocycles. The van der Waals surface area contributed by atoms with E-state index in [0.717, 1.165) is 30.6 Å². The predicted molar refractivity (Wildman–Crippen MR) is 66.6 cm³/mol. The highest BCUT2D eigenvalue weighted by Gasteiger charge is 2.16. The van der Waals surface area contributed by atoms with Gasteiger partial charge >= 0.3 is 0 Å². The molecule has 92 valence electrons. The second-order valence-electron chi connectivity index (χ2n) is 5.28. The molecule has 1 heterocycles. The van der Waals surface area contributed by atoms with Crippen molar-refractivity contribution in [1.82, 2.24) is 9.78 Å². The Bertz CT molecular complexity index is 340. The summed E-state index contributed by atoms with van der Waals surface area (Å²) in [5.74, 6) is 1.45. The molecule has 0 unspecified atom stereocenters. The summed E-state index contributed by atoms with van der Waals surface area (Å²) in [6.45, 7) is 11.5. The fourth-order valence-electron chi connectivity index (χ4n) is 1.92. The minimum absolute atomic E-state index is 0.367. The zero-order chi connectivity index (χ0) is 12.3. The van der Waals surface area contributed by atoms with E-state index < -0.39 is 0 Å². The standard InChI is InChI=1S/C13H24N2O/c1-6-11-12(7-9(2)3)14-15(13(11)16)8-10(4)5/h9-10,16H,6-8H2,1-5H3. The maximum Gasteiger partial charge on any atom is 0.212 e. The fourth-order valence-corrected chi connectivity index (χ4v) is 1.92. The summed E-state index contributed by atoms with van der Waals surface area (Å²) in [5, 5.41) is 14.6. The van der Waals surface area contributed by atoms with Crippen LogP contribution in [-0.2, 0) is 19.4 Å². The van der Waals surface area contributed by atoms with E-state index in [1.54, 1.807) is 4.68 Å². The van der Waals surface area contributed by atoms with E-state index in [9.17, 15) is 5.11 Å². The highest BCUT2D eigenvalue weighted by atomic mass is 16.3. The van der Waals surface area contributed by atoms with Crippen molar-refractivity contribution < 1.29 is 5.11 Å². The lowest BCUT2D eigenvalue weighted by atomic mass is 10.0. The Morgan fingerprint density at radius 1 is 1.19 bits per heavy atom. The van der Waals surface area contributed by atoms with Crippen molar-refractivity contribution >= 4 is 0 Å². The zero-order valence-electron chi connectivity index (χ0n) is 11.1. The molecule has 0 aliphatic rings. The van der Waals surface area contributed by atoms with Gasteiger partial charge in [0.2, 0.25) is 5.88 Å². The third-order valence-electron chi connectivity index (χ3n) is 2.60. The van der Waals surface area contributed by atoms with Gasteiger partial charge in [0, 0.05) is 12.1 Å². The normalized spacial score (nSPS) is 11.7. The summed E-state index contributed by atoms with van der Waals surface area (Å²) in [4.78, 5) is 0. The smallest absolute Gasteiger partial charge is 0.212 e. The molecule has 3 nitrogen and oxygen atoms in total. The molecule has 0 aromatic carbocycles. The van der Waals surface area contributed by atoms with Gasteiger partial charge in [0.05, 0.1) is 5.69 Å². The van der Waals surface area contributed by atoms with Gasteiger partial charge in [0.1, 0.15) is 0 Å². The van der Waals surface area contributed by atoms with Gasteiger partial charge in [0.25, 0.3) is 0 Å². The molecule has 1 rings (SSSR count). The van der Waals surface area contributed by atoms with Crippen LogP contribution in [0.1, 0.15) is 45.9 Å². The average Bonchev–Trinajstić information content (AvgIpc) is 2.41. The highest BCUT2D eigenvalue weighted by molar-refractivity contribution is 5.31. The molecule has 0 saturated heterocycles. The lowest BCUT2D eigenvalue weighted by Crippen LogP contribution is -2.06. The van der Waals surface area contributed by atoms with E-state index in [1.165, 1.54) is 0 Å². The molecule has 0 aliphatic heterocycles. The molecular formula is C13H24N2O. The zero-order valence-corrected chi connectivity index (χ0v) is 11.1. The van der Waals surface area contributed by atoms with Crippen molar-refractivity contribution in [2.75, 3.05) is 0 Å². The van der Waals surface area contributed by atoms with Crippen molar-refractivity contribution in [3.05, 3.63) is 11.3 Å². The molecule has 1 aromatic heterocycles. The van der Waals surface area contributed by atoms with Crippen LogP contribution in [0.15, 0.2) is 0 Å². The van der Waals surface area contributed by atoms with E-state index in [1.807, 2.05) is 0 Å². The van der Waals surface area contributed by atoms with Crippen molar-refractivity contribution in [3.8, 4) is 5.88 Å². The van der Waals surface area contributed by atoms with Crippen LogP contribution in [0.2, 0.25) is 0 Å². The van der Waals surface area contributed by atoms with Crippen LogP contribution < -0.4 is 0 Å². The maximum atomic E-state index is 10.1. The van der Waals surface area contributed by atoms with Gasteiger partial charge in [-0.25, -0.2) is 4.68 Å². The first kappa shape index (κ1) is 13.1. The molecule has 0 spiro atoms. The minimum Gasteiger partial charge on any atom is -0.493 e. The molecule has 1 N–H and O–H groups in total. The van der Waals surface area contributed by atoms with Crippen LogP contribution in [0.4, 0.5) is 0 Å². The van der Waals surface area contributed by atoms with Gasteiger partial charge in [-0.05, 0) is 24.7 Å². The van der Waals surface area contributed by atoms with Crippen LogP contribution in [0.3, 0.4) is 0 Å². The Hall–Kier alpha value is -0.990. The van der Waals surface area contributed by atoms with Crippen molar-refractivity contribution in [1.29, 1.82) is 0 Å². The summed E-state index contributed by atoms with van der Waals surface area (Å²) in [5.41, 5.74) is 2.09. The second-order valence-corrected chi connectivity index (χ2v) is 5.28. The lowest BCUT2D eigenvalue weighted by Gasteiger charge is -2.05. The lowest BCUT2D eigenvalue weighted by molar-refractivity contribution is 0.368. The monoisotopic (exact) mass is 224 g/mol. The highest BCUT2D eigenvalue weighted by Crippen LogP contribution is 2.24. The first-order valence-electron chi connectivity index (χ1n) is 6.23. The summed E-state index contributed by atoms with van der Waals surface area (Å²) in [6.07, 6.45) is 1.80. The predicted octanol–water partition coefficient (Wildman–Crippen LogP) is 3.01. The maximum absolute atomic E-state index is 10.1. The summed E-state index contributed by atoms with van der Waals surface area (Å²) in [6, 6.07) is 0. The molecule has 0 radical (unpaired) electrons. The number of hydrogen-bond donors (Lipinski definition) is 1. The van der Waals surface area contributed by atoms with E-state index in [4.69, 9.17) is 0 Å². The molecular weight excluding hydrogens is 200 g/mol. The molecule has 0 saturated carbocycles. The number of hydrogen-bond acceptors (Lipinski definition) is 2. The van der Waals surface area contributed by atoms with Crippen molar-refractivity contribution in [3.63, 3.8) is 0 Å². The summed E-state index contributed by atoms with van der Waals surface area (Å²) >= 11 is 0. The molecule has 0 amide bonds. The summed E-state index contributed by atoms with van der Waals surface area (Å²) < 4.78 is 1.75. The first-order chi connectivity index (χ1) is 7.45. The summed E-state index contributed by atoms with van der Waals surface area (Å²) in [7, 11) is 0. The molecule has 16 heavy (non-hydrogen) atoms. The van der Waals surface area contributed by atoms with Gasteiger partial charge in [-0.15, -0.1) is 0 Å². The Morgan fingerprint density at radius 3 is 2.25 bits per heavy atom. The number of aromatic nitrogens is 2. The Kier molecular flexibility index (Phi) is 4.39. The van der Waals surface area contributed by atoms with Gasteiger partial charge in [-0.2, -0.15) is 5.10 Å². The Labute approximate surface area is 98.5 Å². The van der Waals surface area contributed by atoms with E-state index in [-0.39, 0.29) is 0 Å². The third-order valence-corrected chi connectivity index (χ3v) is 2.60. The SMILES string of the molecule is CCc1c(CC(C)C)nn(CC(C)C)c1O. The number of rotatable bonds is 5. The van der Waals surface area contributed by atoms with Crippen LogP contribution in [0, 0.1) is 11.8 Å². The van der Waals surface area contributed by atoms with Crippen LogP contribution in [0.25, 0.3) is 0 Å². The quantitative estimate of drug-likeness (QED) is 0.835. The first-order valence-corrected chi connectivity index (χ1v) is 6.23. The van der Waals surface area contributed by atoms with Crippen LogP contribution in [0.5, 0.6) is 5.88 Å². The topological polar surface area (TPSA) is 38.0 Å². The van der Waals surface area contributed by atoms with E-state index >= 15 is 0 Å². The number of aromatic hydroxyl groups is 1. The molecule has 0 fully saturated rings. The van der Waals surface area contributed by atoms with Crippen molar-refractivity contribution in [2.24, 2.45) is 11.8 Å². The largest absolute Gasteiger partial charge is 0.493 e. The average molecular weight is 224 g/mol. The minimum atomic E-state index is 0.367. The number of nitrogens with zero attached hydrogens (tertiary/aromatic N) is 2. The third kappa shape index (κ3) is 3.00. The van der Waals surface area contributed by atoms with Crippen LogP contribution >= 0.6 is 0 Å². The molecule has 0 atom stereocenters. The Morgan fingerprint density at radius 2 is 1.81 bits per heavy atom. The van der Waals surface area contributed by atoms with Gasteiger partial charge in [-0.3, -0.25) is 0 Å². The van der Waals surface area contributed by atoms with Crippen LogP contribution in [-0.4, -0.2) is 14.9 Å². The van der Waals surface area contributed by atoms with E-state index in [0.29, 0.717) is 17.7 Å². The molecule has 1 aromatic rings. The van der Waals surface area contributed by atoms with Crippen molar-refractivity contribution in [2.45, 2.75) is 54.0 Å². The van der Waals surface area contributed by atoms with E-state index in [2.05, 4.69) is 39.7 Å². The van der Waals surface area contributed by atoms with Gasteiger partial charge in [-0.1, -0.05) is 34.6 Å². The molecule has 3 heteroatoms. The fraction of sp³-hybridized carbons (Fsp3) is 0.769. The molecule has 0 bridgehead atoms. The second kappa shape index (κ2) is 5.37. The van der Waals surface area contributed by atoms with Gasteiger partial charge < -0.3 is 5.11 Å². The Balaban J connectivity index is 2.99. The van der Waals surface area contributed by atoms with Gasteiger partial charge in [0.15, 0.2) is 0 Å².